The summed E-state index contributed by atoms with van der Waals surface area (Å²) in [5, 5.41) is 18.9. The summed E-state index contributed by atoms with van der Waals surface area (Å²) in [5.74, 6) is -1.78. The second-order valence-electron chi connectivity index (χ2n) is 7.58. The number of nitrogens with two attached hydrogens (primary N) is 1. The number of phenolic OH excluding ortho intramolecular Hbond substituents is 1. The number of halogens is 2. The molecule has 0 bridgehead atoms. The first-order valence-corrected chi connectivity index (χ1v) is 9.55. The Morgan fingerprint density at radius 3 is 2.58 bits per heavy atom. The van der Waals surface area contributed by atoms with Gasteiger partial charge in [-0.1, -0.05) is 0 Å². The number of aromatic hydroxyl groups is 1. The van der Waals surface area contributed by atoms with Crippen molar-refractivity contribution < 1.29 is 19.4 Å². The smallest absolute Gasteiger partial charge is 0.341 e. The lowest BCUT2D eigenvalue weighted by Gasteiger charge is -2.21. The van der Waals surface area contributed by atoms with E-state index in [0.29, 0.717) is 18.8 Å². The summed E-state index contributed by atoms with van der Waals surface area (Å²) < 4.78 is 16.4. The Kier molecular flexibility index (Phi) is 6.19. The molecule has 31 heavy (non-hydrogen) atoms. The van der Waals surface area contributed by atoms with Gasteiger partial charge in [0.2, 0.25) is 5.43 Å². The van der Waals surface area contributed by atoms with Gasteiger partial charge in [-0.05, 0) is 49.6 Å². The molecule has 0 amide bonds. The van der Waals surface area contributed by atoms with Crippen LogP contribution >= 0.6 is 12.4 Å². The average Bonchev–Trinajstić information content (AvgIpc) is 3.19. The highest BCUT2D eigenvalue weighted by molar-refractivity contribution is 5.92. The number of carboxylic acid groups (broad SMARTS) is 1. The van der Waals surface area contributed by atoms with Crippen LogP contribution in [0.4, 0.5) is 10.2 Å². The third-order valence-corrected chi connectivity index (χ3v) is 5.54. The van der Waals surface area contributed by atoms with Crippen molar-refractivity contribution in [2.45, 2.75) is 19.4 Å². The molecule has 0 radical (unpaired) electrons. The minimum atomic E-state index is -1.42. The van der Waals surface area contributed by atoms with E-state index in [1.165, 1.54) is 22.9 Å². The quantitative estimate of drug-likeness (QED) is 0.560. The third-order valence-electron chi connectivity index (χ3n) is 5.54. The maximum Gasteiger partial charge on any atom is 0.341 e. The Balaban J connectivity index is 0.00000272. The van der Waals surface area contributed by atoms with Gasteiger partial charge in [-0.2, -0.15) is 0 Å². The van der Waals surface area contributed by atoms with Crippen molar-refractivity contribution >= 4 is 35.2 Å². The number of hydrogen-bond acceptors (Lipinski definition) is 6. The fraction of sp³-hybridized carbons (Fsp3) is 0.286. The van der Waals surface area contributed by atoms with Crippen LogP contribution in [0.3, 0.4) is 0 Å². The highest BCUT2D eigenvalue weighted by atomic mass is 35.5. The number of rotatable bonds is 4. The molecule has 2 aromatic heterocycles. The first-order valence-electron chi connectivity index (χ1n) is 9.55. The lowest BCUT2D eigenvalue weighted by Crippen LogP contribution is -2.30. The van der Waals surface area contributed by atoms with Gasteiger partial charge in [0.1, 0.15) is 11.3 Å². The Morgan fingerprint density at radius 2 is 2.00 bits per heavy atom. The number of fused-ring (bicyclic) bond motifs is 1. The zero-order chi connectivity index (χ0) is 21.6. The molecule has 0 saturated carbocycles. The number of hydrogen-bond donors (Lipinski definition) is 3. The van der Waals surface area contributed by atoms with Crippen molar-refractivity contribution in [1.82, 2.24) is 9.55 Å². The average molecular weight is 449 g/mol. The number of anilines is 1. The molecule has 0 spiro atoms. The Morgan fingerprint density at radius 1 is 1.32 bits per heavy atom. The fourth-order valence-electron chi connectivity index (χ4n) is 3.81. The molecule has 0 aliphatic carbocycles. The second-order valence-corrected chi connectivity index (χ2v) is 7.58. The summed E-state index contributed by atoms with van der Waals surface area (Å²) in [6, 6.07) is 6.97. The molecule has 3 aromatic rings. The summed E-state index contributed by atoms with van der Waals surface area (Å²) in [4.78, 5) is 30.5. The van der Waals surface area contributed by atoms with Crippen LogP contribution in [0.25, 0.3) is 16.7 Å². The van der Waals surface area contributed by atoms with E-state index in [9.17, 15) is 24.2 Å². The largest absolute Gasteiger partial charge is 0.508 e. The number of nitrogens with zero attached hydrogens (tertiary/aromatic N) is 3. The SMILES string of the molecule is C[C@H](N)[C@@H]1CCN(c2nc3c(cc2F)c(=O)c(C(=O)O)cn3-c2ccc(O)cc2)C1.Cl. The molecular weight excluding hydrogens is 427 g/mol. The number of aromatic carboxylic acids is 1. The highest BCUT2D eigenvalue weighted by Crippen LogP contribution is 2.29. The highest BCUT2D eigenvalue weighted by Gasteiger charge is 2.29. The summed E-state index contributed by atoms with van der Waals surface area (Å²) in [7, 11) is 0. The van der Waals surface area contributed by atoms with Crippen molar-refractivity contribution in [2.24, 2.45) is 11.7 Å². The second kappa shape index (κ2) is 8.52. The molecule has 4 rings (SSSR count). The Labute approximate surface area is 183 Å². The number of phenols is 1. The van der Waals surface area contributed by atoms with E-state index >= 15 is 0 Å². The molecule has 1 aromatic carbocycles. The molecule has 1 aliphatic heterocycles. The fourth-order valence-corrected chi connectivity index (χ4v) is 3.81. The van der Waals surface area contributed by atoms with Gasteiger partial charge in [0.25, 0.3) is 0 Å². The van der Waals surface area contributed by atoms with Gasteiger partial charge in [-0.3, -0.25) is 4.79 Å². The lowest BCUT2D eigenvalue weighted by molar-refractivity contribution is 0.0695. The van der Waals surface area contributed by atoms with Crippen LogP contribution in [0.15, 0.2) is 41.3 Å². The van der Waals surface area contributed by atoms with Crippen molar-refractivity contribution in [3.63, 3.8) is 0 Å². The number of benzene rings is 1. The molecule has 2 atom stereocenters. The summed E-state index contributed by atoms with van der Waals surface area (Å²) in [5.41, 5.74) is 5.29. The van der Waals surface area contributed by atoms with Gasteiger partial charge in [0, 0.05) is 31.0 Å². The van der Waals surface area contributed by atoms with Gasteiger partial charge < -0.3 is 25.4 Å². The molecular formula is C21H22ClFN4O4. The van der Waals surface area contributed by atoms with E-state index in [4.69, 9.17) is 5.73 Å². The summed E-state index contributed by atoms with van der Waals surface area (Å²) >= 11 is 0. The van der Waals surface area contributed by atoms with E-state index in [1.807, 2.05) is 6.92 Å². The predicted molar refractivity (Wildman–Crippen MR) is 117 cm³/mol. The van der Waals surface area contributed by atoms with Gasteiger partial charge in [-0.25, -0.2) is 14.2 Å². The molecule has 8 nitrogen and oxygen atoms in total. The van der Waals surface area contributed by atoms with E-state index in [0.717, 1.165) is 12.5 Å². The minimum absolute atomic E-state index is 0. The molecule has 164 valence electrons. The van der Waals surface area contributed by atoms with Crippen LogP contribution in [-0.2, 0) is 0 Å². The van der Waals surface area contributed by atoms with Crippen LogP contribution in [0.1, 0.15) is 23.7 Å². The molecule has 10 heteroatoms. The van der Waals surface area contributed by atoms with Gasteiger partial charge in [0.15, 0.2) is 17.3 Å². The lowest BCUT2D eigenvalue weighted by atomic mass is 10.0. The van der Waals surface area contributed by atoms with Crippen LogP contribution in [0.2, 0.25) is 0 Å². The van der Waals surface area contributed by atoms with Crippen molar-refractivity contribution in [3.05, 3.63) is 58.1 Å². The predicted octanol–water partition coefficient (Wildman–Crippen LogP) is 2.52. The zero-order valence-corrected chi connectivity index (χ0v) is 17.5. The van der Waals surface area contributed by atoms with E-state index < -0.39 is 22.8 Å². The first kappa shape index (κ1) is 22.5. The third kappa shape index (κ3) is 4.06. The minimum Gasteiger partial charge on any atom is -0.508 e. The number of pyridine rings is 2. The molecule has 0 unspecified atom stereocenters. The van der Waals surface area contributed by atoms with Crippen LogP contribution in [0, 0.1) is 11.7 Å². The molecule has 1 aliphatic rings. The van der Waals surface area contributed by atoms with E-state index in [2.05, 4.69) is 4.98 Å². The number of carbonyl (C=O) groups is 1. The van der Waals surface area contributed by atoms with Gasteiger partial charge in [0.05, 0.1) is 5.39 Å². The number of carboxylic acids is 1. The van der Waals surface area contributed by atoms with Gasteiger partial charge >= 0.3 is 5.97 Å². The van der Waals surface area contributed by atoms with Crippen molar-refractivity contribution in [2.75, 3.05) is 18.0 Å². The van der Waals surface area contributed by atoms with Crippen LogP contribution in [-0.4, -0.2) is 44.9 Å². The zero-order valence-electron chi connectivity index (χ0n) is 16.7. The van der Waals surface area contributed by atoms with Crippen LogP contribution in [0.5, 0.6) is 5.75 Å². The first-order chi connectivity index (χ1) is 14.3. The Hall–Kier alpha value is -3.17. The van der Waals surface area contributed by atoms with Crippen molar-refractivity contribution in [1.29, 1.82) is 0 Å². The number of aromatic nitrogens is 2. The monoisotopic (exact) mass is 448 g/mol. The standard InChI is InChI=1S/C21H21FN4O4.ClH/c1-11(23)12-6-7-25(9-12)20-17(22)8-15-18(28)16(21(29)30)10-26(19(15)24-20)13-2-4-14(27)5-3-13;/h2-5,8,10-12,27H,6-7,9,23H2,1H3,(H,29,30);1H/t11-,12+;/m0./s1. The topological polar surface area (TPSA) is 122 Å². The van der Waals surface area contributed by atoms with Crippen molar-refractivity contribution in [3.8, 4) is 11.4 Å². The van der Waals surface area contributed by atoms with E-state index in [1.54, 1.807) is 17.0 Å². The van der Waals surface area contributed by atoms with Crippen LogP contribution < -0.4 is 16.1 Å². The molecule has 1 fully saturated rings. The summed E-state index contributed by atoms with van der Waals surface area (Å²) in [6.45, 7) is 3.04. The maximum absolute atomic E-state index is 14.9. The molecule has 1 saturated heterocycles. The van der Waals surface area contributed by atoms with Gasteiger partial charge in [-0.15, -0.1) is 12.4 Å². The maximum atomic E-state index is 14.9. The van der Waals surface area contributed by atoms with E-state index in [-0.39, 0.29) is 47.0 Å². The Bertz CT molecular complexity index is 1200. The summed E-state index contributed by atoms with van der Waals surface area (Å²) in [6.07, 6.45) is 1.97. The molecule has 4 N–H and O–H groups in total. The normalized spacial score (nSPS) is 16.9. The molecule has 3 heterocycles.